The van der Waals surface area contributed by atoms with E-state index < -0.39 is 0 Å². The van der Waals surface area contributed by atoms with Gasteiger partial charge in [0.25, 0.3) is 0 Å². The van der Waals surface area contributed by atoms with Gasteiger partial charge in [0, 0.05) is 19.5 Å². The van der Waals surface area contributed by atoms with E-state index in [-0.39, 0.29) is 0 Å². The lowest BCUT2D eigenvalue weighted by atomic mass is 10.0. The summed E-state index contributed by atoms with van der Waals surface area (Å²) in [5.74, 6) is 0.966. The Bertz CT molecular complexity index is 176. The van der Waals surface area contributed by atoms with Crippen LogP contribution in [-0.4, -0.2) is 37.1 Å². The van der Waals surface area contributed by atoms with Crippen LogP contribution < -0.4 is 0 Å². The third kappa shape index (κ3) is 3.66. The fraction of sp³-hybridized carbons (Fsp3) is 0.909. The average molecular weight is 199 g/mol. The zero-order valence-electron chi connectivity index (χ0n) is 9.29. The minimum Gasteiger partial charge on any atom is -0.378 e. The Morgan fingerprint density at radius 1 is 1.43 bits per heavy atom. The van der Waals surface area contributed by atoms with Gasteiger partial charge in [-0.3, -0.25) is 4.79 Å². The van der Waals surface area contributed by atoms with Crippen LogP contribution in [0, 0.1) is 5.92 Å². The molecule has 1 unspecified atom stereocenters. The number of nitrogens with zero attached hydrogens (tertiary/aromatic N) is 1. The fourth-order valence-corrected chi connectivity index (χ4v) is 1.54. The molecule has 1 fully saturated rings. The summed E-state index contributed by atoms with van der Waals surface area (Å²) < 4.78 is 5.20. The first kappa shape index (κ1) is 11.5. The van der Waals surface area contributed by atoms with Crippen LogP contribution >= 0.6 is 0 Å². The minimum absolute atomic E-state index is 0.300. The maximum absolute atomic E-state index is 11.7. The van der Waals surface area contributed by atoms with E-state index in [2.05, 4.69) is 13.8 Å². The van der Waals surface area contributed by atoms with Gasteiger partial charge in [-0.15, -0.1) is 0 Å². The molecule has 1 aliphatic heterocycles. The second-order valence-corrected chi connectivity index (χ2v) is 4.05. The molecule has 0 N–H and O–H groups in total. The van der Waals surface area contributed by atoms with Crippen molar-refractivity contribution in [3.63, 3.8) is 0 Å². The molecular weight excluding hydrogens is 178 g/mol. The fourth-order valence-electron chi connectivity index (χ4n) is 1.54. The number of carbonyl (C=O) groups excluding carboxylic acids is 1. The highest BCUT2D eigenvalue weighted by Crippen LogP contribution is 2.11. The first-order valence-electron chi connectivity index (χ1n) is 5.59. The summed E-state index contributed by atoms with van der Waals surface area (Å²) in [5, 5.41) is 0. The van der Waals surface area contributed by atoms with Crippen LogP contribution in [0.15, 0.2) is 0 Å². The number of hydrogen-bond acceptors (Lipinski definition) is 2. The molecule has 0 aromatic heterocycles. The van der Waals surface area contributed by atoms with Gasteiger partial charge in [0.15, 0.2) is 0 Å². The first-order chi connectivity index (χ1) is 6.74. The molecule has 1 rings (SSSR count). The van der Waals surface area contributed by atoms with E-state index in [1.807, 2.05) is 4.90 Å². The van der Waals surface area contributed by atoms with E-state index in [1.54, 1.807) is 0 Å². The molecular formula is C11H21NO2. The predicted octanol–water partition coefficient (Wildman–Crippen LogP) is 1.67. The second kappa shape index (κ2) is 6.02. The Labute approximate surface area is 86.4 Å². The summed E-state index contributed by atoms with van der Waals surface area (Å²) in [5.41, 5.74) is 0. The topological polar surface area (TPSA) is 29.5 Å². The first-order valence-corrected chi connectivity index (χ1v) is 5.59. The molecule has 0 saturated carbocycles. The number of carbonyl (C=O) groups is 1. The molecule has 1 atom stereocenters. The Morgan fingerprint density at radius 3 is 2.64 bits per heavy atom. The van der Waals surface area contributed by atoms with Gasteiger partial charge in [0.1, 0.15) is 0 Å². The monoisotopic (exact) mass is 199 g/mol. The van der Waals surface area contributed by atoms with Crippen molar-refractivity contribution in [2.45, 2.75) is 33.1 Å². The molecule has 3 nitrogen and oxygen atoms in total. The molecule has 0 radical (unpaired) electrons. The molecule has 1 amide bonds. The van der Waals surface area contributed by atoms with Gasteiger partial charge in [-0.25, -0.2) is 0 Å². The highest BCUT2D eigenvalue weighted by molar-refractivity contribution is 5.76. The van der Waals surface area contributed by atoms with Gasteiger partial charge < -0.3 is 9.64 Å². The van der Waals surface area contributed by atoms with Gasteiger partial charge in [0.05, 0.1) is 13.2 Å². The van der Waals surface area contributed by atoms with E-state index in [9.17, 15) is 4.79 Å². The van der Waals surface area contributed by atoms with Crippen molar-refractivity contribution < 1.29 is 9.53 Å². The van der Waals surface area contributed by atoms with Crippen LogP contribution in [0.25, 0.3) is 0 Å². The molecule has 14 heavy (non-hydrogen) atoms. The average Bonchev–Trinajstić information content (AvgIpc) is 2.26. The van der Waals surface area contributed by atoms with E-state index in [0.717, 1.165) is 25.9 Å². The number of rotatable bonds is 4. The Morgan fingerprint density at radius 2 is 2.07 bits per heavy atom. The van der Waals surface area contributed by atoms with Crippen LogP contribution in [0.2, 0.25) is 0 Å². The molecule has 0 bridgehead atoms. The Hall–Kier alpha value is -0.570. The van der Waals surface area contributed by atoms with Crippen molar-refractivity contribution in [1.82, 2.24) is 4.90 Å². The lowest BCUT2D eigenvalue weighted by Crippen LogP contribution is -2.40. The second-order valence-electron chi connectivity index (χ2n) is 4.05. The van der Waals surface area contributed by atoms with E-state index >= 15 is 0 Å². The number of hydrogen-bond donors (Lipinski definition) is 0. The van der Waals surface area contributed by atoms with Gasteiger partial charge in [0.2, 0.25) is 5.91 Å². The maximum Gasteiger partial charge on any atom is 0.222 e. The van der Waals surface area contributed by atoms with Crippen molar-refractivity contribution in [3.05, 3.63) is 0 Å². The molecule has 0 aromatic rings. The third-order valence-electron chi connectivity index (χ3n) is 2.91. The Kier molecular flexibility index (Phi) is 4.94. The quantitative estimate of drug-likeness (QED) is 0.689. The lowest BCUT2D eigenvalue weighted by Gasteiger charge is -2.27. The van der Waals surface area contributed by atoms with E-state index in [1.165, 1.54) is 0 Å². The number of ether oxygens (including phenoxy) is 1. The number of amides is 1. The minimum atomic E-state index is 0.300. The van der Waals surface area contributed by atoms with Gasteiger partial charge in [-0.2, -0.15) is 0 Å². The zero-order valence-corrected chi connectivity index (χ0v) is 9.29. The lowest BCUT2D eigenvalue weighted by molar-refractivity contribution is -0.135. The van der Waals surface area contributed by atoms with E-state index in [0.29, 0.717) is 31.5 Å². The Balaban J connectivity index is 2.19. The molecule has 1 aliphatic rings. The van der Waals surface area contributed by atoms with Gasteiger partial charge >= 0.3 is 0 Å². The molecule has 82 valence electrons. The largest absolute Gasteiger partial charge is 0.378 e. The molecule has 1 heterocycles. The third-order valence-corrected chi connectivity index (χ3v) is 2.91. The smallest absolute Gasteiger partial charge is 0.222 e. The molecule has 1 saturated heterocycles. The van der Waals surface area contributed by atoms with Crippen LogP contribution in [-0.2, 0) is 9.53 Å². The summed E-state index contributed by atoms with van der Waals surface area (Å²) in [6.45, 7) is 7.33. The highest BCUT2D eigenvalue weighted by Gasteiger charge is 2.16. The summed E-state index contributed by atoms with van der Waals surface area (Å²) >= 11 is 0. The van der Waals surface area contributed by atoms with Crippen LogP contribution in [0.5, 0.6) is 0 Å². The predicted molar refractivity (Wildman–Crippen MR) is 56.1 cm³/mol. The van der Waals surface area contributed by atoms with Gasteiger partial charge in [-0.1, -0.05) is 20.3 Å². The van der Waals surface area contributed by atoms with Crippen LogP contribution in [0.4, 0.5) is 0 Å². The van der Waals surface area contributed by atoms with Crippen LogP contribution in [0.1, 0.15) is 33.1 Å². The standard InChI is InChI=1S/C11H21NO2/c1-3-10(2)4-5-11(13)12-6-8-14-9-7-12/h10H,3-9H2,1-2H3. The number of morpholine rings is 1. The summed E-state index contributed by atoms with van der Waals surface area (Å²) in [6, 6.07) is 0. The molecule has 0 spiro atoms. The summed E-state index contributed by atoms with van der Waals surface area (Å²) in [4.78, 5) is 13.6. The van der Waals surface area contributed by atoms with Crippen molar-refractivity contribution >= 4 is 5.91 Å². The maximum atomic E-state index is 11.7. The molecule has 3 heteroatoms. The van der Waals surface area contributed by atoms with Crippen molar-refractivity contribution in [1.29, 1.82) is 0 Å². The van der Waals surface area contributed by atoms with Crippen molar-refractivity contribution in [3.8, 4) is 0 Å². The highest BCUT2D eigenvalue weighted by atomic mass is 16.5. The van der Waals surface area contributed by atoms with Crippen LogP contribution in [0.3, 0.4) is 0 Å². The molecule has 0 aromatic carbocycles. The SMILES string of the molecule is CCC(C)CCC(=O)N1CCOCC1. The molecule has 0 aliphatic carbocycles. The zero-order chi connectivity index (χ0) is 10.4. The van der Waals surface area contributed by atoms with E-state index in [4.69, 9.17) is 4.74 Å². The summed E-state index contributed by atoms with van der Waals surface area (Å²) in [6.07, 6.45) is 2.89. The summed E-state index contributed by atoms with van der Waals surface area (Å²) in [7, 11) is 0. The van der Waals surface area contributed by atoms with Crippen molar-refractivity contribution in [2.24, 2.45) is 5.92 Å². The van der Waals surface area contributed by atoms with Crippen molar-refractivity contribution in [2.75, 3.05) is 26.3 Å². The normalized spacial score (nSPS) is 19.4. The van der Waals surface area contributed by atoms with Gasteiger partial charge in [-0.05, 0) is 12.3 Å².